The highest BCUT2D eigenvalue weighted by Gasteiger charge is 2.30. The number of ether oxygens (including phenoxy) is 1. The number of amides is 1. The van der Waals surface area contributed by atoms with E-state index in [9.17, 15) is 4.79 Å². The first-order chi connectivity index (χ1) is 13.0. The number of carbonyl (C=O) groups excluding carboxylic acids is 1. The summed E-state index contributed by atoms with van der Waals surface area (Å²) in [7, 11) is 0. The molecule has 1 unspecified atom stereocenters. The highest BCUT2D eigenvalue weighted by molar-refractivity contribution is 6.08. The fourth-order valence-electron chi connectivity index (χ4n) is 3.86. The number of nitrogens with zero attached hydrogens (tertiary/aromatic N) is 2. The van der Waals surface area contributed by atoms with Crippen LogP contribution in [-0.2, 0) is 11.2 Å². The third-order valence-electron chi connectivity index (χ3n) is 5.30. The van der Waals surface area contributed by atoms with Crippen LogP contribution in [0, 0.1) is 17.2 Å². The molecule has 3 rings (SSSR count). The molecule has 2 heterocycles. The van der Waals surface area contributed by atoms with E-state index in [1.54, 1.807) is 0 Å². The SMILES string of the molecule is CC(C)COC(=O)N1CCC(CN2CCc3cc(/C(C=N)=C/N)ccc32)C1. The summed E-state index contributed by atoms with van der Waals surface area (Å²) in [6.07, 6.45) is 4.62. The van der Waals surface area contributed by atoms with Gasteiger partial charge in [-0.05, 0) is 47.9 Å². The molecule has 6 nitrogen and oxygen atoms in total. The van der Waals surface area contributed by atoms with Gasteiger partial charge in [0.05, 0.1) is 6.61 Å². The summed E-state index contributed by atoms with van der Waals surface area (Å²) in [4.78, 5) is 16.4. The van der Waals surface area contributed by atoms with Crippen molar-refractivity contribution in [2.75, 3.05) is 37.7 Å². The molecule has 27 heavy (non-hydrogen) atoms. The van der Waals surface area contributed by atoms with Crippen LogP contribution in [0.5, 0.6) is 0 Å². The van der Waals surface area contributed by atoms with Gasteiger partial charge in [-0.25, -0.2) is 4.79 Å². The van der Waals surface area contributed by atoms with Crippen molar-refractivity contribution in [3.8, 4) is 0 Å². The molecule has 3 N–H and O–H groups in total. The van der Waals surface area contributed by atoms with Gasteiger partial charge in [0.1, 0.15) is 0 Å². The molecular weight excluding hydrogens is 340 g/mol. The van der Waals surface area contributed by atoms with Gasteiger partial charge in [0.25, 0.3) is 0 Å². The lowest BCUT2D eigenvalue weighted by molar-refractivity contribution is 0.0984. The third-order valence-corrected chi connectivity index (χ3v) is 5.30. The van der Waals surface area contributed by atoms with Crippen LogP contribution < -0.4 is 10.6 Å². The van der Waals surface area contributed by atoms with Crippen LogP contribution >= 0.6 is 0 Å². The number of fused-ring (bicyclic) bond motifs is 1. The molecule has 0 saturated carbocycles. The van der Waals surface area contributed by atoms with Crippen LogP contribution in [0.25, 0.3) is 5.57 Å². The molecule has 0 aliphatic carbocycles. The Morgan fingerprint density at radius 2 is 2.22 bits per heavy atom. The number of carbonyl (C=O) groups is 1. The summed E-state index contributed by atoms with van der Waals surface area (Å²) < 4.78 is 5.36. The molecule has 1 saturated heterocycles. The van der Waals surface area contributed by atoms with Crippen molar-refractivity contribution in [1.82, 2.24) is 4.90 Å². The van der Waals surface area contributed by atoms with Crippen molar-refractivity contribution in [2.24, 2.45) is 17.6 Å². The summed E-state index contributed by atoms with van der Waals surface area (Å²) in [6, 6.07) is 6.31. The Morgan fingerprint density at radius 1 is 1.41 bits per heavy atom. The molecule has 1 fully saturated rings. The predicted molar refractivity (Wildman–Crippen MR) is 109 cm³/mol. The third kappa shape index (κ3) is 4.43. The first-order valence-corrected chi connectivity index (χ1v) is 9.74. The summed E-state index contributed by atoms with van der Waals surface area (Å²) in [5, 5.41) is 7.46. The van der Waals surface area contributed by atoms with E-state index in [2.05, 4.69) is 17.0 Å². The molecule has 146 valence electrons. The maximum Gasteiger partial charge on any atom is 0.409 e. The van der Waals surface area contributed by atoms with E-state index in [4.69, 9.17) is 15.9 Å². The zero-order valence-corrected chi connectivity index (χ0v) is 16.3. The van der Waals surface area contributed by atoms with Crippen molar-refractivity contribution in [1.29, 1.82) is 5.41 Å². The van der Waals surface area contributed by atoms with Gasteiger partial charge in [-0.1, -0.05) is 19.9 Å². The Balaban J connectivity index is 1.58. The zero-order valence-electron chi connectivity index (χ0n) is 16.3. The van der Waals surface area contributed by atoms with Crippen LogP contribution in [0.4, 0.5) is 10.5 Å². The molecule has 0 radical (unpaired) electrons. The highest BCUT2D eigenvalue weighted by atomic mass is 16.6. The summed E-state index contributed by atoms with van der Waals surface area (Å²) in [5.41, 5.74) is 9.91. The van der Waals surface area contributed by atoms with Crippen molar-refractivity contribution in [3.63, 3.8) is 0 Å². The average Bonchev–Trinajstić information content (AvgIpc) is 3.28. The molecule has 2 aliphatic heterocycles. The minimum atomic E-state index is -0.176. The number of anilines is 1. The summed E-state index contributed by atoms with van der Waals surface area (Å²) >= 11 is 0. The largest absolute Gasteiger partial charge is 0.449 e. The van der Waals surface area contributed by atoms with Gasteiger partial charge in [0.2, 0.25) is 0 Å². The molecule has 1 amide bonds. The fourth-order valence-corrected chi connectivity index (χ4v) is 3.86. The molecule has 6 heteroatoms. The topological polar surface area (TPSA) is 82.7 Å². The van der Waals surface area contributed by atoms with Crippen molar-refractivity contribution in [3.05, 3.63) is 35.5 Å². The van der Waals surface area contributed by atoms with Gasteiger partial charge < -0.3 is 25.7 Å². The number of allylic oxidation sites excluding steroid dienone is 1. The normalized spacial score (nSPS) is 19.5. The molecule has 1 aromatic rings. The van der Waals surface area contributed by atoms with Crippen LogP contribution in [0.1, 0.15) is 31.4 Å². The van der Waals surface area contributed by atoms with E-state index in [0.29, 0.717) is 18.4 Å². The molecule has 1 atom stereocenters. The van der Waals surface area contributed by atoms with Gasteiger partial charge in [-0.2, -0.15) is 0 Å². The smallest absolute Gasteiger partial charge is 0.409 e. The Morgan fingerprint density at radius 3 is 2.93 bits per heavy atom. The first kappa shape index (κ1) is 19.3. The molecule has 0 bridgehead atoms. The summed E-state index contributed by atoms with van der Waals surface area (Å²) in [6.45, 7) is 8.09. The van der Waals surface area contributed by atoms with E-state index in [-0.39, 0.29) is 6.09 Å². The highest BCUT2D eigenvalue weighted by Crippen LogP contribution is 2.32. The lowest BCUT2D eigenvalue weighted by atomic mass is 10.0. The molecule has 0 spiro atoms. The quantitative estimate of drug-likeness (QED) is 0.754. The Bertz CT molecular complexity index is 729. The number of nitrogens with two attached hydrogens (primary N) is 1. The molecular formula is C21H30N4O2. The minimum Gasteiger partial charge on any atom is -0.449 e. The predicted octanol–water partition coefficient (Wildman–Crippen LogP) is 3.11. The summed E-state index contributed by atoms with van der Waals surface area (Å²) in [5.74, 6) is 0.837. The second-order valence-electron chi connectivity index (χ2n) is 7.88. The standard InChI is InChI=1S/C21H30N4O2/c1-15(2)14-27-21(26)25-7-5-16(13-25)12-24-8-6-18-9-17(3-4-20(18)24)19(10-22)11-23/h3-4,9-11,15-16,22H,5-8,12-14,23H2,1-2H3/b19-11+,22-10?. The number of nitrogens with one attached hydrogen (secondary N) is 1. The average molecular weight is 370 g/mol. The maximum absolute atomic E-state index is 12.1. The van der Waals surface area contributed by atoms with Gasteiger partial charge in [-0.15, -0.1) is 0 Å². The Kier molecular flexibility index (Phi) is 6.04. The molecule has 2 aliphatic rings. The maximum atomic E-state index is 12.1. The van der Waals surface area contributed by atoms with Crippen LogP contribution in [0.3, 0.4) is 0 Å². The second kappa shape index (κ2) is 8.46. The minimum absolute atomic E-state index is 0.176. The number of likely N-dealkylation sites (tertiary alicyclic amines) is 1. The van der Waals surface area contributed by atoms with Crippen molar-refractivity contribution < 1.29 is 9.53 Å². The van der Waals surface area contributed by atoms with Gasteiger partial charge in [0.15, 0.2) is 0 Å². The van der Waals surface area contributed by atoms with E-state index in [1.807, 2.05) is 24.8 Å². The van der Waals surface area contributed by atoms with Crippen LogP contribution in [0.2, 0.25) is 0 Å². The monoisotopic (exact) mass is 370 g/mol. The van der Waals surface area contributed by atoms with Crippen molar-refractivity contribution in [2.45, 2.75) is 26.7 Å². The van der Waals surface area contributed by atoms with Gasteiger partial charge >= 0.3 is 6.09 Å². The van der Waals surface area contributed by atoms with E-state index < -0.39 is 0 Å². The van der Waals surface area contributed by atoms with E-state index in [0.717, 1.165) is 50.2 Å². The molecule has 0 aromatic heterocycles. The number of benzene rings is 1. The number of rotatable bonds is 6. The fraction of sp³-hybridized carbons (Fsp3) is 0.524. The molecule has 1 aromatic carbocycles. The van der Waals surface area contributed by atoms with Gasteiger partial charge in [-0.3, -0.25) is 0 Å². The van der Waals surface area contributed by atoms with E-state index in [1.165, 1.54) is 23.7 Å². The lowest BCUT2D eigenvalue weighted by Gasteiger charge is -2.24. The first-order valence-electron chi connectivity index (χ1n) is 9.74. The second-order valence-corrected chi connectivity index (χ2v) is 7.88. The Hall–Kier alpha value is -2.50. The number of hydrogen-bond donors (Lipinski definition) is 2. The zero-order chi connectivity index (χ0) is 19.4. The van der Waals surface area contributed by atoms with Gasteiger partial charge in [0, 0.05) is 49.9 Å². The lowest BCUT2D eigenvalue weighted by Crippen LogP contribution is -2.33. The Labute approximate surface area is 161 Å². The van der Waals surface area contributed by atoms with Crippen molar-refractivity contribution >= 4 is 23.6 Å². The van der Waals surface area contributed by atoms with Crippen LogP contribution in [-0.4, -0.2) is 50.0 Å². The van der Waals surface area contributed by atoms with E-state index >= 15 is 0 Å². The van der Waals surface area contributed by atoms with Crippen LogP contribution in [0.15, 0.2) is 24.4 Å². The number of hydrogen-bond acceptors (Lipinski definition) is 5.